The van der Waals surface area contributed by atoms with Gasteiger partial charge < -0.3 is 20.3 Å². The summed E-state index contributed by atoms with van der Waals surface area (Å²) in [6, 6.07) is 8.81. The van der Waals surface area contributed by atoms with E-state index in [1.54, 1.807) is 7.11 Å². The Morgan fingerprint density at radius 2 is 2.15 bits per heavy atom. The van der Waals surface area contributed by atoms with Gasteiger partial charge >= 0.3 is 0 Å². The maximum absolute atomic E-state index is 5.27. The van der Waals surface area contributed by atoms with Crippen molar-refractivity contribution >= 4 is 29.9 Å². The van der Waals surface area contributed by atoms with E-state index in [1.165, 1.54) is 32.4 Å². The minimum absolute atomic E-state index is 0. The molecule has 1 saturated heterocycles. The lowest BCUT2D eigenvalue weighted by molar-refractivity contribution is 0.159. The molecule has 5 nitrogen and oxygen atoms in total. The number of methoxy groups -OCH3 is 1. The number of guanidine groups is 1. The lowest BCUT2D eigenvalue weighted by Gasteiger charge is -2.33. The third-order valence-electron chi connectivity index (χ3n) is 4.75. The third kappa shape index (κ3) is 8.12. The lowest BCUT2D eigenvalue weighted by Crippen LogP contribution is -2.41. The highest BCUT2D eigenvalue weighted by atomic mass is 127. The predicted octanol–water partition coefficient (Wildman–Crippen LogP) is 3.63. The highest BCUT2D eigenvalue weighted by Gasteiger charge is 2.17. The molecule has 1 aliphatic heterocycles. The first kappa shape index (κ1) is 23.0. The van der Waals surface area contributed by atoms with Crippen molar-refractivity contribution in [2.75, 3.05) is 33.3 Å². The van der Waals surface area contributed by atoms with Crippen LogP contribution in [0, 0.1) is 0 Å². The van der Waals surface area contributed by atoms with Crippen molar-refractivity contribution in [1.82, 2.24) is 15.5 Å². The summed E-state index contributed by atoms with van der Waals surface area (Å²) in [5.41, 5.74) is 1.15. The Morgan fingerprint density at radius 1 is 1.31 bits per heavy atom. The number of ether oxygens (including phenoxy) is 1. The van der Waals surface area contributed by atoms with Crippen molar-refractivity contribution in [2.45, 2.75) is 52.1 Å². The molecule has 0 aliphatic carbocycles. The minimum atomic E-state index is 0. The van der Waals surface area contributed by atoms with E-state index in [-0.39, 0.29) is 24.0 Å². The van der Waals surface area contributed by atoms with Crippen molar-refractivity contribution in [1.29, 1.82) is 0 Å². The van der Waals surface area contributed by atoms with Crippen LogP contribution in [-0.4, -0.2) is 50.2 Å². The summed E-state index contributed by atoms with van der Waals surface area (Å²) in [6.45, 7) is 9.34. The maximum Gasteiger partial charge on any atom is 0.191 e. The Labute approximate surface area is 176 Å². The van der Waals surface area contributed by atoms with E-state index in [1.807, 2.05) is 18.2 Å². The zero-order valence-electron chi connectivity index (χ0n) is 16.5. The van der Waals surface area contributed by atoms with Crippen LogP contribution in [-0.2, 0) is 6.54 Å². The summed E-state index contributed by atoms with van der Waals surface area (Å²) < 4.78 is 5.27. The first-order chi connectivity index (χ1) is 12.2. The Morgan fingerprint density at radius 3 is 2.88 bits per heavy atom. The van der Waals surface area contributed by atoms with Crippen LogP contribution in [0.5, 0.6) is 5.75 Å². The van der Waals surface area contributed by atoms with Crippen LogP contribution in [0.3, 0.4) is 0 Å². The lowest BCUT2D eigenvalue weighted by atomic mass is 10.0. The van der Waals surface area contributed by atoms with Crippen molar-refractivity contribution in [3.05, 3.63) is 29.8 Å². The monoisotopic (exact) mass is 474 g/mol. The van der Waals surface area contributed by atoms with Crippen LogP contribution >= 0.6 is 24.0 Å². The van der Waals surface area contributed by atoms with E-state index in [4.69, 9.17) is 4.74 Å². The van der Waals surface area contributed by atoms with Gasteiger partial charge in [0.15, 0.2) is 5.96 Å². The normalized spacial score (nSPS) is 18.1. The standard InChI is InChI=1S/C20H34N4O.HI/c1-4-21-20(23-16-18-10-7-11-19(15-18)25-3)22-12-8-14-24-13-6-5-9-17(24)2;/h7,10-11,15,17H,4-6,8-9,12-14,16H2,1-3H3,(H2,21,22,23);1H. The zero-order valence-corrected chi connectivity index (χ0v) is 18.8. The number of halogens is 1. The first-order valence-corrected chi connectivity index (χ1v) is 9.62. The fourth-order valence-corrected chi connectivity index (χ4v) is 3.26. The van der Waals surface area contributed by atoms with Crippen LogP contribution in [0.2, 0.25) is 0 Å². The van der Waals surface area contributed by atoms with Crippen LogP contribution in [0.1, 0.15) is 45.1 Å². The molecule has 0 bridgehead atoms. The van der Waals surface area contributed by atoms with Crippen LogP contribution < -0.4 is 15.4 Å². The molecule has 0 amide bonds. The van der Waals surface area contributed by atoms with Gasteiger partial charge in [0.05, 0.1) is 13.7 Å². The van der Waals surface area contributed by atoms with Crippen LogP contribution in [0.15, 0.2) is 29.3 Å². The molecule has 0 saturated carbocycles. The smallest absolute Gasteiger partial charge is 0.191 e. The average molecular weight is 474 g/mol. The molecule has 148 valence electrons. The van der Waals surface area contributed by atoms with Gasteiger partial charge in [0.2, 0.25) is 0 Å². The van der Waals surface area contributed by atoms with E-state index in [2.05, 4.69) is 40.4 Å². The van der Waals surface area contributed by atoms with Crippen molar-refractivity contribution in [3.8, 4) is 5.75 Å². The topological polar surface area (TPSA) is 48.9 Å². The Balaban J connectivity index is 0.00000338. The molecule has 1 fully saturated rings. The highest BCUT2D eigenvalue weighted by Crippen LogP contribution is 2.16. The fourth-order valence-electron chi connectivity index (χ4n) is 3.26. The molecule has 2 rings (SSSR count). The summed E-state index contributed by atoms with van der Waals surface area (Å²) in [5, 5.41) is 6.78. The second-order valence-corrected chi connectivity index (χ2v) is 6.71. The highest BCUT2D eigenvalue weighted by molar-refractivity contribution is 14.0. The molecule has 0 radical (unpaired) electrons. The first-order valence-electron chi connectivity index (χ1n) is 9.62. The molecular weight excluding hydrogens is 439 g/mol. The second kappa shape index (κ2) is 13.2. The molecule has 1 aliphatic rings. The summed E-state index contributed by atoms with van der Waals surface area (Å²) in [7, 11) is 1.69. The quantitative estimate of drug-likeness (QED) is 0.262. The molecule has 1 atom stereocenters. The van der Waals surface area contributed by atoms with Gasteiger partial charge in [-0.25, -0.2) is 4.99 Å². The van der Waals surface area contributed by atoms with Gasteiger partial charge in [-0.1, -0.05) is 18.6 Å². The SMILES string of the molecule is CCNC(=NCc1cccc(OC)c1)NCCCN1CCCCC1C.I. The average Bonchev–Trinajstić information content (AvgIpc) is 2.64. The number of rotatable bonds is 8. The molecule has 1 aromatic carbocycles. The zero-order chi connectivity index (χ0) is 17.9. The summed E-state index contributed by atoms with van der Waals surface area (Å²) in [5.74, 6) is 1.76. The molecule has 1 unspecified atom stereocenters. The maximum atomic E-state index is 5.27. The third-order valence-corrected chi connectivity index (χ3v) is 4.75. The van der Waals surface area contributed by atoms with E-state index in [9.17, 15) is 0 Å². The molecule has 26 heavy (non-hydrogen) atoms. The minimum Gasteiger partial charge on any atom is -0.497 e. The largest absolute Gasteiger partial charge is 0.497 e. The number of benzene rings is 1. The molecule has 0 aromatic heterocycles. The van der Waals surface area contributed by atoms with Gasteiger partial charge in [0, 0.05) is 25.7 Å². The summed E-state index contributed by atoms with van der Waals surface area (Å²) in [6.07, 6.45) is 5.23. The van der Waals surface area contributed by atoms with Crippen LogP contribution in [0.4, 0.5) is 0 Å². The van der Waals surface area contributed by atoms with Gasteiger partial charge in [-0.05, 0) is 57.4 Å². The Bertz CT molecular complexity index is 538. The molecule has 1 heterocycles. The molecule has 6 heteroatoms. The molecule has 0 spiro atoms. The number of piperidine rings is 1. The molecule has 2 N–H and O–H groups in total. The molecular formula is C20H35IN4O. The van der Waals surface area contributed by atoms with Gasteiger partial charge in [-0.3, -0.25) is 0 Å². The van der Waals surface area contributed by atoms with Crippen molar-refractivity contribution in [3.63, 3.8) is 0 Å². The number of nitrogens with one attached hydrogen (secondary N) is 2. The Hall–Kier alpha value is -1.02. The number of nitrogens with zero attached hydrogens (tertiary/aromatic N) is 2. The fraction of sp³-hybridized carbons (Fsp3) is 0.650. The van der Waals surface area contributed by atoms with E-state index < -0.39 is 0 Å². The van der Waals surface area contributed by atoms with Gasteiger partial charge in [-0.2, -0.15) is 0 Å². The number of aliphatic imine (C=N–C) groups is 1. The summed E-state index contributed by atoms with van der Waals surface area (Å²) in [4.78, 5) is 7.30. The van der Waals surface area contributed by atoms with Gasteiger partial charge in [0.1, 0.15) is 5.75 Å². The van der Waals surface area contributed by atoms with E-state index in [0.29, 0.717) is 6.54 Å². The van der Waals surface area contributed by atoms with Crippen LogP contribution in [0.25, 0.3) is 0 Å². The van der Waals surface area contributed by atoms with E-state index in [0.717, 1.165) is 42.8 Å². The number of hydrogen-bond donors (Lipinski definition) is 2. The second-order valence-electron chi connectivity index (χ2n) is 6.71. The van der Waals surface area contributed by atoms with E-state index >= 15 is 0 Å². The van der Waals surface area contributed by atoms with Gasteiger partial charge in [0.25, 0.3) is 0 Å². The number of likely N-dealkylation sites (tertiary alicyclic amines) is 1. The Kier molecular flexibility index (Phi) is 11.7. The molecule has 1 aromatic rings. The number of hydrogen-bond acceptors (Lipinski definition) is 3. The van der Waals surface area contributed by atoms with Gasteiger partial charge in [-0.15, -0.1) is 24.0 Å². The van der Waals surface area contributed by atoms with Crippen molar-refractivity contribution < 1.29 is 4.74 Å². The predicted molar refractivity (Wildman–Crippen MR) is 121 cm³/mol. The summed E-state index contributed by atoms with van der Waals surface area (Å²) >= 11 is 0. The van der Waals surface area contributed by atoms with Crippen molar-refractivity contribution in [2.24, 2.45) is 4.99 Å².